The Morgan fingerprint density at radius 2 is 1.86 bits per heavy atom. The number of carboxylic acid groups (broad SMARTS) is 1. The summed E-state index contributed by atoms with van der Waals surface area (Å²) in [5.74, 6) is 5.23. The van der Waals surface area contributed by atoms with Gasteiger partial charge in [-0.3, -0.25) is 9.71 Å². The number of nitrogens with zero attached hydrogens (tertiary/aromatic N) is 2. The number of carboxylic acids is 1. The number of benzene rings is 2. The number of pyridine rings is 2. The zero-order valence-corrected chi connectivity index (χ0v) is 21.2. The molecule has 0 amide bonds. The SMILES string of the molecule is CCOc1ccc(S(=O)(=O)Nc2ccc(Cl)cc2C#Cc2cnc(C(=O)O)cc2OC)c2ncccc12. The van der Waals surface area contributed by atoms with E-state index in [0.717, 1.165) is 0 Å². The number of halogens is 1. The number of aromatic carboxylic acids is 1. The topological polar surface area (TPSA) is 128 Å². The molecule has 0 bridgehead atoms. The normalized spacial score (nSPS) is 10.9. The first-order chi connectivity index (χ1) is 17.7. The second-order valence-electron chi connectivity index (χ2n) is 7.51. The minimum Gasteiger partial charge on any atom is -0.495 e. The fourth-order valence-corrected chi connectivity index (χ4v) is 4.89. The van der Waals surface area contributed by atoms with Crippen molar-refractivity contribution in [2.24, 2.45) is 0 Å². The third-order valence-electron chi connectivity index (χ3n) is 5.14. The molecule has 11 heteroatoms. The molecule has 4 aromatic rings. The molecular formula is C26H20ClN3O6S. The zero-order valence-electron chi connectivity index (χ0n) is 19.6. The quantitative estimate of drug-likeness (QED) is 0.328. The second kappa shape index (κ2) is 10.7. The van der Waals surface area contributed by atoms with E-state index in [4.69, 9.17) is 26.2 Å². The molecule has 2 heterocycles. The molecule has 0 aliphatic rings. The van der Waals surface area contributed by atoms with Crippen molar-refractivity contribution in [3.63, 3.8) is 0 Å². The molecule has 0 unspecified atom stereocenters. The van der Waals surface area contributed by atoms with Crippen LogP contribution in [0, 0.1) is 11.8 Å². The van der Waals surface area contributed by atoms with E-state index < -0.39 is 16.0 Å². The van der Waals surface area contributed by atoms with Gasteiger partial charge in [0.25, 0.3) is 10.0 Å². The molecule has 0 atom stereocenters. The van der Waals surface area contributed by atoms with Gasteiger partial charge in [0, 0.05) is 28.9 Å². The first-order valence-electron chi connectivity index (χ1n) is 10.9. The van der Waals surface area contributed by atoms with Crippen LogP contribution in [0.1, 0.15) is 28.5 Å². The summed E-state index contributed by atoms with van der Waals surface area (Å²) in [6.45, 7) is 2.25. The smallest absolute Gasteiger partial charge is 0.354 e. The standard InChI is InChI=1S/C26H20ClN3O6S/c1-3-36-22-10-11-24(25-19(22)5-4-12-28-25)37(33,34)30-20-9-8-18(27)13-16(20)6-7-17-15-29-21(26(31)32)14-23(17)35-2/h4-5,8-15,30H,3H2,1-2H3,(H,31,32). The van der Waals surface area contributed by atoms with E-state index in [0.29, 0.717) is 28.3 Å². The van der Waals surface area contributed by atoms with Crippen LogP contribution in [0.15, 0.2) is 65.8 Å². The van der Waals surface area contributed by atoms with Gasteiger partial charge in [0.15, 0.2) is 5.69 Å². The molecule has 0 saturated carbocycles. The maximum Gasteiger partial charge on any atom is 0.354 e. The van der Waals surface area contributed by atoms with Gasteiger partial charge in [-0.05, 0) is 49.4 Å². The molecule has 2 aromatic carbocycles. The number of aromatic nitrogens is 2. The van der Waals surface area contributed by atoms with Crippen LogP contribution in [-0.4, -0.2) is 43.2 Å². The molecule has 188 valence electrons. The van der Waals surface area contributed by atoms with Crippen molar-refractivity contribution >= 4 is 44.2 Å². The summed E-state index contributed by atoms with van der Waals surface area (Å²) in [7, 11) is -2.72. The molecule has 0 fully saturated rings. The van der Waals surface area contributed by atoms with Crippen LogP contribution in [0.3, 0.4) is 0 Å². The van der Waals surface area contributed by atoms with Gasteiger partial charge < -0.3 is 14.6 Å². The molecule has 37 heavy (non-hydrogen) atoms. The van der Waals surface area contributed by atoms with E-state index >= 15 is 0 Å². The van der Waals surface area contributed by atoms with Crippen molar-refractivity contribution in [2.75, 3.05) is 18.4 Å². The minimum atomic E-state index is -4.10. The third kappa shape index (κ3) is 5.58. The summed E-state index contributed by atoms with van der Waals surface area (Å²) in [6, 6.07) is 12.2. The Labute approximate surface area is 218 Å². The fraction of sp³-hybridized carbons (Fsp3) is 0.115. The highest BCUT2D eigenvalue weighted by Gasteiger charge is 2.21. The number of nitrogens with one attached hydrogen (secondary N) is 1. The van der Waals surface area contributed by atoms with Gasteiger partial charge in [0.1, 0.15) is 16.4 Å². The van der Waals surface area contributed by atoms with Crippen LogP contribution >= 0.6 is 11.6 Å². The summed E-state index contributed by atoms with van der Waals surface area (Å²) in [6.07, 6.45) is 2.77. The van der Waals surface area contributed by atoms with Crippen LogP contribution in [0.4, 0.5) is 5.69 Å². The Morgan fingerprint density at radius 3 is 2.59 bits per heavy atom. The molecule has 0 aliphatic heterocycles. The average molecular weight is 538 g/mol. The van der Waals surface area contributed by atoms with Gasteiger partial charge in [-0.25, -0.2) is 18.2 Å². The van der Waals surface area contributed by atoms with Crippen LogP contribution in [0.2, 0.25) is 5.02 Å². The van der Waals surface area contributed by atoms with E-state index in [1.165, 1.54) is 49.8 Å². The second-order valence-corrected chi connectivity index (χ2v) is 9.60. The van der Waals surface area contributed by atoms with Crippen LogP contribution in [0.5, 0.6) is 11.5 Å². The number of ether oxygens (including phenoxy) is 2. The summed E-state index contributed by atoms with van der Waals surface area (Å²) in [5, 5.41) is 10.0. The van der Waals surface area contributed by atoms with E-state index in [-0.39, 0.29) is 33.1 Å². The molecule has 0 spiro atoms. The molecule has 0 saturated heterocycles. The molecule has 0 radical (unpaired) electrons. The molecule has 2 N–H and O–H groups in total. The van der Waals surface area contributed by atoms with Gasteiger partial charge in [-0.2, -0.15) is 0 Å². The lowest BCUT2D eigenvalue weighted by molar-refractivity contribution is 0.0690. The number of methoxy groups -OCH3 is 1. The highest BCUT2D eigenvalue weighted by molar-refractivity contribution is 7.93. The maximum absolute atomic E-state index is 13.4. The fourth-order valence-electron chi connectivity index (χ4n) is 3.48. The monoisotopic (exact) mass is 537 g/mol. The van der Waals surface area contributed by atoms with Gasteiger partial charge in [0.05, 0.1) is 36.0 Å². The Balaban J connectivity index is 1.75. The maximum atomic E-state index is 13.4. The van der Waals surface area contributed by atoms with Crippen molar-refractivity contribution in [3.05, 3.63) is 82.8 Å². The first-order valence-corrected chi connectivity index (χ1v) is 12.7. The van der Waals surface area contributed by atoms with E-state index in [2.05, 4.69) is 26.5 Å². The molecule has 2 aromatic heterocycles. The van der Waals surface area contributed by atoms with Crippen LogP contribution < -0.4 is 14.2 Å². The summed E-state index contributed by atoms with van der Waals surface area (Å²) < 4.78 is 40.3. The lowest BCUT2D eigenvalue weighted by Crippen LogP contribution is -2.15. The Morgan fingerprint density at radius 1 is 1.08 bits per heavy atom. The molecule has 9 nitrogen and oxygen atoms in total. The predicted octanol–water partition coefficient (Wildman–Crippen LogP) is 4.59. The highest BCUT2D eigenvalue weighted by Crippen LogP contribution is 2.31. The predicted molar refractivity (Wildman–Crippen MR) is 139 cm³/mol. The lowest BCUT2D eigenvalue weighted by Gasteiger charge is -2.14. The highest BCUT2D eigenvalue weighted by atomic mass is 35.5. The van der Waals surface area contributed by atoms with E-state index in [1.54, 1.807) is 18.2 Å². The Kier molecular flexibility index (Phi) is 7.47. The van der Waals surface area contributed by atoms with Gasteiger partial charge in [0.2, 0.25) is 0 Å². The third-order valence-corrected chi connectivity index (χ3v) is 6.78. The van der Waals surface area contributed by atoms with E-state index in [9.17, 15) is 13.2 Å². The summed E-state index contributed by atoms with van der Waals surface area (Å²) >= 11 is 6.16. The van der Waals surface area contributed by atoms with Crippen molar-refractivity contribution in [1.29, 1.82) is 0 Å². The van der Waals surface area contributed by atoms with Crippen molar-refractivity contribution < 1.29 is 27.8 Å². The number of rotatable bonds is 7. The Bertz CT molecular complexity index is 1680. The first kappa shape index (κ1) is 25.8. The summed E-state index contributed by atoms with van der Waals surface area (Å²) in [5.41, 5.74) is 0.835. The number of anilines is 1. The Hall–Kier alpha value is -4.33. The number of sulfonamides is 1. The van der Waals surface area contributed by atoms with Crippen LogP contribution in [0.25, 0.3) is 10.9 Å². The molecule has 0 aliphatic carbocycles. The lowest BCUT2D eigenvalue weighted by atomic mass is 10.1. The minimum absolute atomic E-state index is 0.0319. The largest absolute Gasteiger partial charge is 0.495 e. The van der Waals surface area contributed by atoms with Crippen molar-refractivity contribution in [3.8, 4) is 23.3 Å². The molecular weight excluding hydrogens is 518 g/mol. The number of hydrogen-bond donors (Lipinski definition) is 2. The van der Waals surface area contributed by atoms with Gasteiger partial charge in [-0.1, -0.05) is 23.4 Å². The average Bonchev–Trinajstić information content (AvgIpc) is 2.88. The van der Waals surface area contributed by atoms with E-state index in [1.807, 2.05) is 6.92 Å². The van der Waals surface area contributed by atoms with Crippen molar-refractivity contribution in [1.82, 2.24) is 9.97 Å². The molecule has 4 rings (SSSR count). The van der Waals surface area contributed by atoms with Crippen LogP contribution in [-0.2, 0) is 10.0 Å². The summed E-state index contributed by atoms with van der Waals surface area (Å²) in [4.78, 5) is 19.3. The van der Waals surface area contributed by atoms with Crippen molar-refractivity contribution in [2.45, 2.75) is 11.8 Å². The van der Waals surface area contributed by atoms with Gasteiger partial charge >= 0.3 is 5.97 Å². The number of carbonyl (C=O) groups is 1. The van der Waals surface area contributed by atoms with Gasteiger partial charge in [-0.15, -0.1) is 0 Å². The number of hydrogen-bond acceptors (Lipinski definition) is 7. The zero-order chi connectivity index (χ0) is 26.6. The number of fused-ring (bicyclic) bond motifs is 1.